The molecule has 0 aliphatic carbocycles. The number of hydrogen-bond acceptors (Lipinski definition) is 3. The largest absolute Gasteiger partial charge is 0.389 e. The Balaban J connectivity index is 2.79. The summed E-state index contributed by atoms with van der Waals surface area (Å²) in [6, 6.07) is 6.18. The number of carbonyl (C=O) groups excluding carboxylic acids is 1. The van der Waals surface area contributed by atoms with E-state index in [4.69, 9.17) is 0 Å². The van der Waals surface area contributed by atoms with Gasteiger partial charge in [-0.05, 0) is 18.1 Å². The Morgan fingerprint density at radius 3 is 2.41 bits per heavy atom. The van der Waals surface area contributed by atoms with Crippen LogP contribution in [0.2, 0.25) is 0 Å². The second-order valence-corrected chi connectivity index (χ2v) is 7.44. The van der Waals surface area contributed by atoms with Crippen molar-refractivity contribution < 1.29 is 26.4 Å². The van der Waals surface area contributed by atoms with Gasteiger partial charge in [0.05, 0.1) is 5.75 Å². The number of hydrogen-bond donors (Lipinski definition) is 1. The van der Waals surface area contributed by atoms with E-state index in [1.807, 2.05) is 0 Å². The second kappa shape index (κ2) is 7.13. The van der Waals surface area contributed by atoms with Crippen LogP contribution in [0.1, 0.15) is 18.9 Å². The molecule has 22 heavy (non-hydrogen) atoms. The first-order chi connectivity index (χ1) is 9.98. The van der Waals surface area contributed by atoms with Crippen LogP contribution >= 0.6 is 0 Å². The minimum atomic E-state index is -4.28. The van der Waals surface area contributed by atoms with Crippen molar-refractivity contribution in [3.63, 3.8) is 0 Å². The van der Waals surface area contributed by atoms with E-state index in [1.54, 1.807) is 12.1 Å². The monoisotopic (exact) mass is 337 g/mol. The number of benzene rings is 1. The van der Waals surface area contributed by atoms with E-state index in [1.165, 1.54) is 19.1 Å². The number of nitrogens with one attached hydrogen (secondary N) is 1. The molecular weight excluding hydrogens is 319 g/mol. The van der Waals surface area contributed by atoms with Gasteiger partial charge in [0.15, 0.2) is 0 Å². The van der Waals surface area contributed by atoms with Gasteiger partial charge in [-0.15, -0.1) is 0 Å². The quantitative estimate of drug-likeness (QED) is 0.868. The molecule has 0 saturated carbocycles. The molecule has 0 heterocycles. The summed E-state index contributed by atoms with van der Waals surface area (Å²) in [6.07, 6.45) is -4.49. The maximum atomic E-state index is 12.3. The fraction of sp³-hybridized carbons (Fsp3) is 0.500. The van der Waals surface area contributed by atoms with Crippen molar-refractivity contribution in [2.45, 2.75) is 25.9 Å². The van der Waals surface area contributed by atoms with E-state index >= 15 is 0 Å². The van der Waals surface area contributed by atoms with Gasteiger partial charge in [0.25, 0.3) is 0 Å². The Morgan fingerprint density at radius 2 is 1.86 bits per heavy atom. The first kappa shape index (κ1) is 18.5. The van der Waals surface area contributed by atoms with Gasteiger partial charge in [-0.3, -0.25) is 4.79 Å². The number of carbonyl (C=O) groups is 1. The summed E-state index contributed by atoms with van der Waals surface area (Å²) in [7, 11) is -3.31. The molecule has 0 fully saturated rings. The summed E-state index contributed by atoms with van der Waals surface area (Å²) < 4.78 is 59.2. The highest BCUT2D eigenvalue weighted by Gasteiger charge is 2.27. The van der Waals surface area contributed by atoms with E-state index in [2.05, 4.69) is 5.32 Å². The average molecular weight is 337 g/mol. The summed E-state index contributed by atoms with van der Waals surface area (Å²) in [5.41, 5.74) is 0.636. The first-order valence-corrected chi connectivity index (χ1v) is 8.67. The van der Waals surface area contributed by atoms with Crippen molar-refractivity contribution in [1.82, 2.24) is 0 Å². The molecule has 0 spiro atoms. The Labute approximate surface area is 127 Å². The molecule has 0 unspecified atom stereocenters. The number of para-hydroxylation sites is 1. The first-order valence-electron chi connectivity index (χ1n) is 6.61. The van der Waals surface area contributed by atoms with Crippen molar-refractivity contribution in [2.75, 3.05) is 17.3 Å². The fourth-order valence-electron chi connectivity index (χ4n) is 1.92. The van der Waals surface area contributed by atoms with Crippen LogP contribution in [0.3, 0.4) is 0 Å². The van der Waals surface area contributed by atoms with Gasteiger partial charge in [-0.25, -0.2) is 8.42 Å². The lowest BCUT2D eigenvalue weighted by Gasteiger charge is -2.15. The van der Waals surface area contributed by atoms with Crippen molar-refractivity contribution in [3.05, 3.63) is 29.8 Å². The molecule has 1 atom stereocenters. The zero-order chi connectivity index (χ0) is 17.0. The maximum absolute atomic E-state index is 12.3. The Kier molecular flexibility index (Phi) is 5.99. The Hall–Kier alpha value is -1.57. The average Bonchev–Trinajstić information content (AvgIpc) is 2.34. The molecule has 0 radical (unpaired) electrons. The topological polar surface area (TPSA) is 63.2 Å². The number of sulfone groups is 1. The van der Waals surface area contributed by atoms with Crippen molar-refractivity contribution in [1.29, 1.82) is 0 Å². The molecule has 124 valence electrons. The zero-order valence-corrected chi connectivity index (χ0v) is 13.1. The molecular formula is C14H18F3NO3S. The van der Waals surface area contributed by atoms with Gasteiger partial charge < -0.3 is 5.32 Å². The minimum Gasteiger partial charge on any atom is -0.326 e. The lowest BCUT2D eigenvalue weighted by Crippen LogP contribution is -2.27. The van der Waals surface area contributed by atoms with Crippen molar-refractivity contribution in [3.8, 4) is 0 Å². The van der Waals surface area contributed by atoms with Crippen LogP contribution < -0.4 is 5.32 Å². The Morgan fingerprint density at radius 1 is 1.27 bits per heavy atom. The number of aryl methyl sites for hydroxylation is 1. The van der Waals surface area contributed by atoms with Gasteiger partial charge in [0.2, 0.25) is 5.91 Å². The number of amides is 1. The van der Waals surface area contributed by atoms with Gasteiger partial charge in [0.1, 0.15) is 9.84 Å². The molecule has 0 bridgehead atoms. The van der Waals surface area contributed by atoms with E-state index in [-0.39, 0.29) is 17.9 Å². The summed E-state index contributed by atoms with van der Waals surface area (Å²) >= 11 is 0. The minimum absolute atomic E-state index is 0.250. The molecule has 1 rings (SSSR count). The van der Waals surface area contributed by atoms with Crippen LogP contribution in [0.4, 0.5) is 18.9 Å². The van der Waals surface area contributed by atoms with Crippen molar-refractivity contribution >= 4 is 21.4 Å². The zero-order valence-electron chi connectivity index (χ0n) is 12.3. The molecule has 0 aromatic heterocycles. The van der Waals surface area contributed by atoms with Gasteiger partial charge in [0, 0.05) is 24.3 Å². The lowest BCUT2D eigenvalue weighted by molar-refractivity contribution is -0.133. The number of anilines is 1. The summed E-state index contributed by atoms with van der Waals surface area (Å²) in [6.45, 7) is 1.45. The molecule has 0 aliphatic heterocycles. The van der Waals surface area contributed by atoms with Crippen LogP contribution in [0.15, 0.2) is 24.3 Å². The summed E-state index contributed by atoms with van der Waals surface area (Å²) in [4.78, 5) is 11.9. The molecule has 4 nitrogen and oxygen atoms in total. The Bertz CT molecular complexity index is 626. The standard InChI is InChI=1S/C14H18F3NO3S/c1-10(9-22(2,20)21)13(19)18-12-6-4-3-5-11(12)7-8-14(15,16)17/h3-6,10H,7-9H2,1-2H3,(H,18,19)/t10-/m0/s1. The molecule has 1 N–H and O–H groups in total. The SMILES string of the molecule is C[C@@H](CS(C)(=O)=O)C(=O)Nc1ccccc1CCC(F)(F)F. The fourth-order valence-corrected chi connectivity index (χ4v) is 2.98. The molecule has 8 heteroatoms. The summed E-state index contributed by atoms with van der Waals surface area (Å²) in [5.74, 6) is -1.64. The molecule has 1 aromatic carbocycles. The number of halogens is 3. The number of alkyl halides is 3. The maximum Gasteiger partial charge on any atom is 0.389 e. The molecule has 1 aromatic rings. The van der Waals surface area contributed by atoms with Crippen LogP contribution in [0, 0.1) is 5.92 Å². The highest BCUT2D eigenvalue weighted by Crippen LogP contribution is 2.25. The lowest BCUT2D eigenvalue weighted by atomic mass is 10.1. The number of rotatable bonds is 6. The van der Waals surface area contributed by atoms with Crippen molar-refractivity contribution in [2.24, 2.45) is 5.92 Å². The van der Waals surface area contributed by atoms with E-state index < -0.39 is 34.3 Å². The van der Waals surface area contributed by atoms with Crippen LogP contribution in [0.25, 0.3) is 0 Å². The summed E-state index contributed by atoms with van der Waals surface area (Å²) in [5, 5.41) is 2.50. The van der Waals surface area contributed by atoms with E-state index in [0.29, 0.717) is 5.56 Å². The van der Waals surface area contributed by atoms with Gasteiger partial charge in [-0.1, -0.05) is 25.1 Å². The van der Waals surface area contributed by atoms with E-state index in [9.17, 15) is 26.4 Å². The van der Waals surface area contributed by atoms with Crippen LogP contribution in [0.5, 0.6) is 0 Å². The third-order valence-electron chi connectivity index (χ3n) is 2.95. The third-order valence-corrected chi connectivity index (χ3v) is 4.06. The van der Waals surface area contributed by atoms with E-state index in [0.717, 1.165) is 6.26 Å². The van der Waals surface area contributed by atoms with Crippen LogP contribution in [-0.4, -0.2) is 32.5 Å². The highest BCUT2D eigenvalue weighted by molar-refractivity contribution is 7.90. The van der Waals surface area contributed by atoms with Gasteiger partial charge in [-0.2, -0.15) is 13.2 Å². The smallest absolute Gasteiger partial charge is 0.326 e. The van der Waals surface area contributed by atoms with Crippen LogP contribution in [-0.2, 0) is 21.1 Å². The normalized spacial score (nSPS) is 13.7. The predicted octanol–water partition coefficient (Wildman–Crippen LogP) is 2.80. The molecule has 0 aliphatic rings. The highest BCUT2D eigenvalue weighted by atomic mass is 32.2. The predicted molar refractivity (Wildman–Crippen MR) is 78.3 cm³/mol. The molecule has 1 amide bonds. The second-order valence-electron chi connectivity index (χ2n) is 5.26. The van der Waals surface area contributed by atoms with Gasteiger partial charge >= 0.3 is 6.18 Å². The third kappa shape index (κ3) is 6.93. The molecule has 0 saturated heterocycles.